The summed E-state index contributed by atoms with van der Waals surface area (Å²) in [7, 11) is 0. The Morgan fingerprint density at radius 1 is 0.967 bits per heavy atom. The van der Waals surface area contributed by atoms with Gasteiger partial charge in [-0.2, -0.15) is 0 Å². The van der Waals surface area contributed by atoms with Crippen LogP contribution in [0.1, 0.15) is 10.4 Å². The van der Waals surface area contributed by atoms with E-state index in [4.69, 9.17) is 14.2 Å². The molecular weight excluding hydrogens is 388 g/mol. The fourth-order valence-electron chi connectivity index (χ4n) is 3.40. The molecule has 0 spiro atoms. The molecule has 1 saturated heterocycles. The predicted molar refractivity (Wildman–Crippen MR) is 107 cm³/mol. The number of rotatable bonds is 5. The first-order chi connectivity index (χ1) is 14.6. The number of carbonyl (C=O) groups excluding carboxylic acids is 3. The number of ether oxygens (including phenoxy) is 3. The molecule has 156 valence electrons. The molecule has 30 heavy (non-hydrogen) atoms. The summed E-state index contributed by atoms with van der Waals surface area (Å²) in [5.41, 5.74) is 0.547. The van der Waals surface area contributed by atoms with Gasteiger partial charge in [0.2, 0.25) is 6.10 Å². The largest absolute Gasteiger partial charge is 0.485 e. The van der Waals surface area contributed by atoms with Gasteiger partial charge in [0.1, 0.15) is 18.6 Å². The van der Waals surface area contributed by atoms with Gasteiger partial charge in [-0.15, -0.1) is 0 Å². The second-order valence-corrected chi connectivity index (χ2v) is 7.05. The zero-order valence-electron chi connectivity index (χ0n) is 16.4. The number of nitrogens with zero attached hydrogens (tertiary/aromatic N) is 2. The summed E-state index contributed by atoms with van der Waals surface area (Å²) in [4.78, 5) is 39.2. The Kier molecular flexibility index (Phi) is 5.83. The molecule has 2 aliphatic heterocycles. The number of para-hydroxylation sites is 2. The summed E-state index contributed by atoms with van der Waals surface area (Å²) in [6.45, 7) is 1.81. The van der Waals surface area contributed by atoms with E-state index in [1.54, 1.807) is 46.2 Å². The van der Waals surface area contributed by atoms with E-state index in [1.807, 2.05) is 12.1 Å². The Bertz CT molecular complexity index is 921. The van der Waals surface area contributed by atoms with E-state index in [1.165, 1.54) is 0 Å². The van der Waals surface area contributed by atoms with E-state index in [2.05, 4.69) is 0 Å². The third-order valence-corrected chi connectivity index (χ3v) is 5.11. The van der Waals surface area contributed by atoms with Crippen molar-refractivity contribution in [2.24, 2.45) is 0 Å². The zero-order valence-corrected chi connectivity index (χ0v) is 16.4. The minimum atomic E-state index is -0.681. The third kappa shape index (κ3) is 4.37. The Morgan fingerprint density at radius 3 is 2.33 bits per heavy atom. The molecule has 8 nitrogen and oxygen atoms in total. The van der Waals surface area contributed by atoms with Crippen LogP contribution in [0, 0.1) is 0 Å². The predicted octanol–water partition coefficient (Wildman–Crippen LogP) is 1.39. The number of amides is 2. The fraction of sp³-hybridized carbons (Fsp3) is 0.318. The van der Waals surface area contributed by atoms with Crippen molar-refractivity contribution in [2.45, 2.75) is 6.10 Å². The maximum Gasteiger partial charge on any atom is 0.267 e. The second-order valence-electron chi connectivity index (χ2n) is 7.05. The SMILES string of the molecule is O=Cc1ccc(OCC(=O)N2CCN(C(=O)C3COc4ccccc4O3)CC2)cc1. The molecule has 2 heterocycles. The maximum atomic E-state index is 12.8. The monoisotopic (exact) mass is 410 g/mol. The first-order valence-corrected chi connectivity index (χ1v) is 9.77. The number of hydrogen-bond donors (Lipinski definition) is 0. The Balaban J connectivity index is 1.24. The van der Waals surface area contributed by atoms with E-state index < -0.39 is 6.10 Å². The molecule has 0 N–H and O–H groups in total. The molecule has 1 unspecified atom stereocenters. The lowest BCUT2D eigenvalue weighted by Gasteiger charge is -2.37. The van der Waals surface area contributed by atoms with Crippen molar-refractivity contribution in [1.82, 2.24) is 9.80 Å². The van der Waals surface area contributed by atoms with Crippen molar-refractivity contribution in [2.75, 3.05) is 39.4 Å². The summed E-state index contributed by atoms with van der Waals surface area (Å²) in [6, 6.07) is 13.8. The highest BCUT2D eigenvalue weighted by atomic mass is 16.6. The minimum Gasteiger partial charge on any atom is -0.485 e. The lowest BCUT2D eigenvalue weighted by atomic mass is 10.2. The van der Waals surface area contributed by atoms with Crippen LogP contribution in [0.5, 0.6) is 17.2 Å². The molecule has 1 atom stereocenters. The number of hydrogen-bond acceptors (Lipinski definition) is 6. The molecule has 1 fully saturated rings. The van der Waals surface area contributed by atoms with Crippen molar-refractivity contribution >= 4 is 18.1 Å². The van der Waals surface area contributed by atoms with E-state index in [9.17, 15) is 14.4 Å². The second kappa shape index (κ2) is 8.86. The molecular formula is C22H22N2O6. The molecule has 2 aromatic carbocycles. The van der Waals surface area contributed by atoms with Crippen LogP contribution in [0.2, 0.25) is 0 Å². The number of fused-ring (bicyclic) bond motifs is 1. The van der Waals surface area contributed by atoms with Crippen LogP contribution in [0.3, 0.4) is 0 Å². The zero-order chi connectivity index (χ0) is 20.9. The summed E-state index contributed by atoms with van der Waals surface area (Å²) in [6.07, 6.45) is 0.0682. The molecule has 0 bridgehead atoms. The Morgan fingerprint density at radius 2 is 1.63 bits per heavy atom. The van der Waals surface area contributed by atoms with Crippen LogP contribution in [0.4, 0.5) is 0 Å². The highest BCUT2D eigenvalue weighted by Gasteiger charge is 2.33. The molecule has 2 amide bonds. The average molecular weight is 410 g/mol. The Hall–Kier alpha value is -3.55. The summed E-state index contributed by atoms with van der Waals surface area (Å²) >= 11 is 0. The number of aldehydes is 1. The molecule has 0 radical (unpaired) electrons. The summed E-state index contributed by atoms with van der Waals surface area (Å²) < 4.78 is 16.9. The molecule has 0 aromatic heterocycles. The van der Waals surface area contributed by atoms with Crippen LogP contribution in [-0.4, -0.2) is 73.4 Å². The van der Waals surface area contributed by atoms with Crippen LogP contribution in [0.15, 0.2) is 48.5 Å². The van der Waals surface area contributed by atoms with E-state index in [-0.39, 0.29) is 25.0 Å². The fourth-order valence-corrected chi connectivity index (χ4v) is 3.40. The van der Waals surface area contributed by atoms with Gasteiger partial charge in [-0.25, -0.2) is 0 Å². The smallest absolute Gasteiger partial charge is 0.267 e. The summed E-state index contributed by atoms with van der Waals surface area (Å²) in [5, 5.41) is 0. The summed E-state index contributed by atoms with van der Waals surface area (Å²) in [5.74, 6) is 1.44. The molecule has 0 aliphatic carbocycles. The van der Waals surface area contributed by atoms with Crippen LogP contribution in [-0.2, 0) is 9.59 Å². The van der Waals surface area contributed by atoms with Gasteiger partial charge >= 0.3 is 0 Å². The van der Waals surface area contributed by atoms with Gasteiger partial charge in [0.25, 0.3) is 11.8 Å². The standard InChI is InChI=1S/C22H22N2O6/c25-13-16-5-7-17(8-6-16)28-15-21(26)23-9-11-24(12-10-23)22(27)20-14-29-18-3-1-2-4-19(18)30-20/h1-8,13,20H,9-12,14-15H2. The van der Waals surface area contributed by atoms with Crippen molar-refractivity contribution in [1.29, 1.82) is 0 Å². The van der Waals surface area contributed by atoms with Gasteiger partial charge in [-0.1, -0.05) is 12.1 Å². The van der Waals surface area contributed by atoms with Crippen molar-refractivity contribution in [3.8, 4) is 17.2 Å². The molecule has 0 saturated carbocycles. The molecule has 2 aliphatic rings. The number of piperazine rings is 1. The van der Waals surface area contributed by atoms with Gasteiger partial charge in [0.15, 0.2) is 18.1 Å². The van der Waals surface area contributed by atoms with Crippen LogP contribution < -0.4 is 14.2 Å². The average Bonchev–Trinajstić information content (AvgIpc) is 2.82. The first-order valence-electron chi connectivity index (χ1n) is 9.77. The van der Waals surface area contributed by atoms with Crippen LogP contribution in [0.25, 0.3) is 0 Å². The normalized spacial score (nSPS) is 17.9. The highest BCUT2D eigenvalue weighted by molar-refractivity contribution is 5.83. The first kappa shape index (κ1) is 19.8. The molecule has 8 heteroatoms. The minimum absolute atomic E-state index is 0.0925. The highest BCUT2D eigenvalue weighted by Crippen LogP contribution is 2.31. The molecule has 2 aromatic rings. The third-order valence-electron chi connectivity index (χ3n) is 5.11. The topological polar surface area (TPSA) is 85.4 Å². The Labute approximate surface area is 173 Å². The van der Waals surface area contributed by atoms with E-state index in [0.717, 1.165) is 6.29 Å². The lowest BCUT2D eigenvalue weighted by molar-refractivity contribution is -0.146. The van der Waals surface area contributed by atoms with Gasteiger partial charge in [0.05, 0.1) is 0 Å². The number of benzene rings is 2. The van der Waals surface area contributed by atoms with Gasteiger partial charge < -0.3 is 24.0 Å². The molecule has 4 rings (SSSR count). The van der Waals surface area contributed by atoms with Crippen molar-refractivity contribution in [3.63, 3.8) is 0 Å². The van der Waals surface area contributed by atoms with Crippen molar-refractivity contribution in [3.05, 3.63) is 54.1 Å². The van der Waals surface area contributed by atoms with Gasteiger partial charge in [-0.05, 0) is 36.4 Å². The maximum absolute atomic E-state index is 12.8. The van der Waals surface area contributed by atoms with Crippen LogP contribution >= 0.6 is 0 Å². The van der Waals surface area contributed by atoms with E-state index in [0.29, 0.717) is 49.0 Å². The van der Waals surface area contributed by atoms with Gasteiger partial charge in [0, 0.05) is 31.7 Å². The van der Waals surface area contributed by atoms with Gasteiger partial charge in [-0.3, -0.25) is 14.4 Å². The van der Waals surface area contributed by atoms with Crippen molar-refractivity contribution < 1.29 is 28.6 Å². The number of carbonyl (C=O) groups is 3. The quantitative estimate of drug-likeness (QED) is 0.693. The lowest BCUT2D eigenvalue weighted by Crippen LogP contribution is -2.55. The van der Waals surface area contributed by atoms with E-state index >= 15 is 0 Å².